The first-order chi connectivity index (χ1) is 9.33. The van der Waals surface area contributed by atoms with E-state index < -0.39 is 28.7 Å². The predicted molar refractivity (Wildman–Crippen MR) is 68.5 cm³/mol. The minimum atomic E-state index is -2.13. The predicted octanol–water partition coefficient (Wildman–Crippen LogP) is 1.41. The van der Waals surface area contributed by atoms with Gasteiger partial charge in [-0.05, 0) is 26.2 Å². The van der Waals surface area contributed by atoms with Gasteiger partial charge in [0.15, 0.2) is 0 Å². The van der Waals surface area contributed by atoms with Gasteiger partial charge in [0, 0.05) is 0 Å². The average molecular weight is 288 g/mol. The zero-order chi connectivity index (χ0) is 15.5. The monoisotopic (exact) mass is 288 g/mol. The van der Waals surface area contributed by atoms with Gasteiger partial charge >= 0.3 is 17.7 Å². The SMILES string of the molecule is CCOC(=O)N1[C@H](CC(C)C)[C@]1(C(=O)OCC)[N+](=O)[O-]. The third-order valence-electron chi connectivity index (χ3n) is 3.09. The van der Waals surface area contributed by atoms with Crippen LogP contribution in [-0.2, 0) is 14.3 Å². The maximum atomic E-state index is 12.0. The van der Waals surface area contributed by atoms with Crippen molar-refractivity contribution >= 4 is 12.1 Å². The molecule has 1 aliphatic rings. The molecule has 0 N–H and O–H groups in total. The molecule has 0 aromatic carbocycles. The Labute approximate surface area is 117 Å². The number of carbonyl (C=O) groups excluding carboxylic acids is 2. The maximum absolute atomic E-state index is 12.0. The molecular formula is C12H20N2O6. The van der Waals surface area contributed by atoms with Crippen molar-refractivity contribution < 1.29 is 24.0 Å². The Morgan fingerprint density at radius 3 is 2.25 bits per heavy atom. The van der Waals surface area contributed by atoms with E-state index in [0.717, 1.165) is 4.90 Å². The number of hydrogen-bond acceptors (Lipinski definition) is 6. The van der Waals surface area contributed by atoms with Gasteiger partial charge in [0.1, 0.15) is 6.04 Å². The molecule has 0 saturated carbocycles. The van der Waals surface area contributed by atoms with E-state index in [9.17, 15) is 19.7 Å². The molecular weight excluding hydrogens is 268 g/mol. The minimum absolute atomic E-state index is 0.0134. The van der Waals surface area contributed by atoms with Crippen molar-refractivity contribution in [3.05, 3.63) is 10.1 Å². The standard InChI is InChI=1S/C12H20N2O6/c1-5-19-10(15)12(14(17)18)9(7-8(3)4)13(12)11(16)20-6-2/h8-9H,5-7H2,1-4H3/t9-,12-,13?/m1/s1. The average Bonchev–Trinajstić information content (AvgIpc) is 2.98. The van der Waals surface area contributed by atoms with Crippen LogP contribution in [0.25, 0.3) is 0 Å². The van der Waals surface area contributed by atoms with Crippen molar-refractivity contribution in [1.82, 2.24) is 4.90 Å². The van der Waals surface area contributed by atoms with Crippen LogP contribution in [0.4, 0.5) is 4.79 Å². The second-order valence-corrected chi connectivity index (χ2v) is 4.92. The van der Waals surface area contributed by atoms with E-state index in [4.69, 9.17) is 9.47 Å². The molecule has 0 aromatic rings. The van der Waals surface area contributed by atoms with Gasteiger partial charge in [0.25, 0.3) is 0 Å². The summed E-state index contributed by atoms with van der Waals surface area (Å²) in [5.74, 6) is -0.920. The molecule has 2 atom stereocenters. The van der Waals surface area contributed by atoms with Gasteiger partial charge in [-0.3, -0.25) is 10.1 Å². The molecule has 8 heteroatoms. The first-order valence-electron chi connectivity index (χ1n) is 6.61. The lowest BCUT2D eigenvalue weighted by atomic mass is 10.0. The third-order valence-corrected chi connectivity index (χ3v) is 3.09. The molecule has 0 spiro atoms. The summed E-state index contributed by atoms with van der Waals surface area (Å²) < 4.78 is 9.56. The lowest BCUT2D eigenvalue weighted by Gasteiger charge is -2.08. The van der Waals surface area contributed by atoms with Crippen LogP contribution in [0.15, 0.2) is 0 Å². The van der Waals surface area contributed by atoms with Crippen molar-refractivity contribution in [2.75, 3.05) is 13.2 Å². The molecule has 8 nitrogen and oxygen atoms in total. The summed E-state index contributed by atoms with van der Waals surface area (Å²) >= 11 is 0. The summed E-state index contributed by atoms with van der Waals surface area (Å²) in [6.45, 7) is 6.96. The third kappa shape index (κ3) is 2.54. The van der Waals surface area contributed by atoms with Crippen LogP contribution in [0.1, 0.15) is 34.1 Å². The quantitative estimate of drug-likeness (QED) is 0.317. The highest BCUT2D eigenvalue weighted by Crippen LogP contribution is 2.46. The van der Waals surface area contributed by atoms with Crippen molar-refractivity contribution in [3.8, 4) is 0 Å². The van der Waals surface area contributed by atoms with Crippen LogP contribution in [0.3, 0.4) is 0 Å². The molecule has 0 aliphatic carbocycles. The normalized spacial score (nSPS) is 24.4. The zero-order valence-electron chi connectivity index (χ0n) is 12.1. The van der Waals surface area contributed by atoms with Crippen LogP contribution >= 0.6 is 0 Å². The van der Waals surface area contributed by atoms with Crippen molar-refractivity contribution in [2.45, 2.75) is 45.8 Å². The van der Waals surface area contributed by atoms with Crippen LogP contribution in [0.2, 0.25) is 0 Å². The largest absolute Gasteiger partial charge is 0.459 e. The molecule has 1 aliphatic heterocycles. The number of ether oxygens (including phenoxy) is 2. The first-order valence-corrected chi connectivity index (χ1v) is 6.61. The first kappa shape index (κ1) is 16.2. The Balaban J connectivity index is 3.08. The highest BCUT2D eigenvalue weighted by molar-refractivity contribution is 5.91. The summed E-state index contributed by atoms with van der Waals surface area (Å²) in [6.07, 6.45) is -0.526. The fraction of sp³-hybridized carbons (Fsp3) is 0.833. The van der Waals surface area contributed by atoms with E-state index in [2.05, 4.69) is 0 Å². The molecule has 114 valence electrons. The fourth-order valence-corrected chi connectivity index (χ4v) is 2.27. The lowest BCUT2D eigenvalue weighted by molar-refractivity contribution is -0.536. The van der Waals surface area contributed by atoms with Crippen LogP contribution < -0.4 is 0 Å². The zero-order valence-corrected chi connectivity index (χ0v) is 12.1. The highest BCUT2D eigenvalue weighted by atomic mass is 16.7. The maximum Gasteiger partial charge on any atom is 0.418 e. The van der Waals surface area contributed by atoms with E-state index in [-0.39, 0.29) is 19.1 Å². The van der Waals surface area contributed by atoms with E-state index >= 15 is 0 Å². The van der Waals surface area contributed by atoms with Crippen molar-refractivity contribution in [2.24, 2.45) is 5.92 Å². The van der Waals surface area contributed by atoms with Crippen LogP contribution in [0.5, 0.6) is 0 Å². The number of nitrogens with zero attached hydrogens (tertiary/aromatic N) is 2. The Morgan fingerprint density at radius 1 is 1.30 bits per heavy atom. The van der Waals surface area contributed by atoms with E-state index in [0.29, 0.717) is 6.42 Å². The van der Waals surface area contributed by atoms with Gasteiger partial charge in [-0.25, -0.2) is 14.5 Å². The summed E-state index contributed by atoms with van der Waals surface area (Å²) in [5.41, 5.74) is -2.13. The van der Waals surface area contributed by atoms with Gasteiger partial charge in [0.2, 0.25) is 0 Å². The smallest absolute Gasteiger partial charge is 0.418 e. The Kier molecular flexibility index (Phi) is 4.91. The molecule has 1 amide bonds. The Hall–Kier alpha value is -1.86. The molecule has 1 fully saturated rings. The Bertz CT molecular complexity index is 411. The number of nitro groups is 1. The summed E-state index contributed by atoms with van der Waals surface area (Å²) in [4.78, 5) is 35.3. The summed E-state index contributed by atoms with van der Waals surface area (Å²) in [5, 5.41) is 11.4. The van der Waals surface area contributed by atoms with Crippen molar-refractivity contribution in [1.29, 1.82) is 0 Å². The fourth-order valence-electron chi connectivity index (χ4n) is 2.27. The van der Waals surface area contributed by atoms with Gasteiger partial charge in [-0.2, -0.15) is 0 Å². The van der Waals surface area contributed by atoms with Crippen LogP contribution in [-0.4, -0.2) is 46.8 Å². The van der Waals surface area contributed by atoms with E-state index in [1.54, 1.807) is 13.8 Å². The summed E-state index contributed by atoms with van der Waals surface area (Å²) in [7, 11) is 0. The molecule has 0 aromatic heterocycles. The highest BCUT2D eigenvalue weighted by Gasteiger charge is 2.83. The minimum Gasteiger partial charge on any atom is -0.459 e. The van der Waals surface area contributed by atoms with Gasteiger partial charge in [0.05, 0.1) is 18.1 Å². The molecule has 20 heavy (non-hydrogen) atoms. The van der Waals surface area contributed by atoms with Gasteiger partial charge in [-0.1, -0.05) is 13.8 Å². The van der Waals surface area contributed by atoms with Crippen LogP contribution in [0, 0.1) is 16.0 Å². The van der Waals surface area contributed by atoms with Gasteiger partial charge in [-0.15, -0.1) is 0 Å². The number of carbonyl (C=O) groups is 2. The molecule has 1 rings (SSSR count). The Morgan fingerprint density at radius 2 is 1.85 bits per heavy atom. The summed E-state index contributed by atoms with van der Waals surface area (Å²) in [6, 6.07) is -0.824. The molecule has 0 bridgehead atoms. The van der Waals surface area contributed by atoms with E-state index in [1.165, 1.54) is 0 Å². The second kappa shape index (κ2) is 6.06. The number of amides is 1. The number of hydrogen-bond donors (Lipinski definition) is 0. The van der Waals surface area contributed by atoms with Gasteiger partial charge < -0.3 is 9.47 Å². The number of esters is 1. The van der Waals surface area contributed by atoms with Crippen molar-refractivity contribution in [3.63, 3.8) is 0 Å². The van der Waals surface area contributed by atoms with E-state index in [1.807, 2.05) is 13.8 Å². The molecule has 0 radical (unpaired) electrons. The second-order valence-electron chi connectivity index (χ2n) is 4.92. The molecule has 0 unspecified atom stereocenters. The molecule has 1 heterocycles. The lowest BCUT2D eigenvalue weighted by Crippen LogP contribution is -2.42. The topological polar surface area (TPSA) is 98.8 Å². The number of rotatable bonds is 6. The molecule has 1 saturated heterocycles.